The zero-order valence-electron chi connectivity index (χ0n) is 38.7. The molecule has 0 amide bonds. The Labute approximate surface area is 429 Å². The third-order valence-corrected chi connectivity index (χ3v) is 13.6. The fourth-order valence-electron chi connectivity index (χ4n) is 10.2. The lowest BCUT2D eigenvalue weighted by Gasteiger charge is -2.44. The van der Waals surface area contributed by atoms with Crippen LogP contribution in [0, 0.1) is 0 Å². The van der Waals surface area contributed by atoms with Gasteiger partial charge in [-0.05, 0) is 48.5 Å². The maximum atomic E-state index is 14.5. The van der Waals surface area contributed by atoms with Gasteiger partial charge in [0.25, 0.3) is 0 Å². The van der Waals surface area contributed by atoms with Crippen molar-refractivity contribution in [2.75, 3.05) is 0 Å². The number of hydrogen-bond acceptors (Lipinski definition) is 25. The highest BCUT2D eigenvalue weighted by molar-refractivity contribution is 5.91. The lowest BCUT2D eigenvalue weighted by molar-refractivity contribution is -0.0303. The molecule has 0 saturated heterocycles. The van der Waals surface area contributed by atoms with Crippen molar-refractivity contribution in [3.63, 3.8) is 0 Å². The number of rotatable bonds is 7. The molecule has 10 rings (SSSR count). The van der Waals surface area contributed by atoms with Gasteiger partial charge < -0.3 is 121 Å². The van der Waals surface area contributed by atoms with Crippen LogP contribution in [-0.4, -0.2) is 126 Å². The molecule has 7 aromatic carbocycles. The summed E-state index contributed by atoms with van der Waals surface area (Å²) in [5.41, 5.74) is -4.29. The number of esters is 1. The summed E-state index contributed by atoms with van der Waals surface area (Å²) >= 11 is 0. The number of fused-ring (bicyclic) bond motifs is 3. The van der Waals surface area contributed by atoms with Gasteiger partial charge in [-0.1, -0.05) is 0 Å². The minimum Gasteiger partial charge on any atom is -0.508 e. The SMILES string of the molecule is O=C(OC1C(c2cc(O)c(O)c(O)c2)Oc2c(C3c4c(O)cc(O)cc4OC(c4cc(O)c(O)c(O)c4)C3O)c(O)cc(O)c2C1c1c(O)cc(O)c2c1OC(c1cc(O)c(O)c(O)c1)C(O)C2)c1cc(O)c(O)c(O)c1. The second-order valence-electron chi connectivity index (χ2n) is 18.4. The number of ether oxygens (including phenoxy) is 4. The Kier molecular flexibility index (Phi) is 11.7. The molecule has 0 fully saturated rings. The van der Waals surface area contributed by atoms with Gasteiger partial charge in [-0.15, -0.1) is 0 Å². The Hall–Kier alpha value is -10.3. The maximum absolute atomic E-state index is 14.5. The van der Waals surface area contributed by atoms with E-state index in [1.807, 2.05) is 0 Å². The molecule has 25 heteroatoms. The Morgan fingerprint density at radius 2 is 0.805 bits per heavy atom. The van der Waals surface area contributed by atoms with Crippen molar-refractivity contribution in [2.45, 2.75) is 54.9 Å². The Morgan fingerprint density at radius 3 is 1.31 bits per heavy atom. The molecule has 3 heterocycles. The first-order valence-corrected chi connectivity index (χ1v) is 22.6. The molecule has 0 radical (unpaired) electrons. The monoisotopic (exact) mass is 1070 g/mol. The molecule has 3 aliphatic heterocycles. The van der Waals surface area contributed by atoms with Crippen LogP contribution in [0.15, 0.2) is 72.8 Å². The molecule has 0 spiro atoms. The highest BCUT2D eigenvalue weighted by Crippen LogP contribution is 2.63. The average molecular weight is 1070 g/mol. The first kappa shape index (κ1) is 50.3. The summed E-state index contributed by atoms with van der Waals surface area (Å²) in [4.78, 5) is 14.5. The van der Waals surface area contributed by atoms with E-state index in [1.165, 1.54) is 0 Å². The number of aliphatic hydroxyl groups is 2. The number of carbonyl (C=O) groups excluding carboxylic acids is 1. The van der Waals surface area contributed by atoms with Crippen LogP contribution in [0.1, 0.15) is 85.0 Å². The van der Waals surface area contributed by atoms with E-state index in [4.69, 9.17) is 18.9 Å². The van der Waals surface area contributed by atoms with Gasteiger partial charge >= 0.3 is 5.97 Å². The standard InChI is InChI=1S/C52H42O25/c53-18-9-21(55)35-34(10-18)74-47(15-3-27(61)42(69)28(62)4-15)45(72)39(35)36-23(57)13-24(58)38-40(37-22(56)12-20(54)19-11-33(67)46(75-49(19)37)14-1-25(59)41(68)26(60)2-14)51(77-52(73)17-7-31(65)44(71)32(66)8-17)48(76-50(36)38)16-5-29(63)43(70)30(64)6-16/h1-10,12-13,33,39-40,45-48,51,53-72H,11H2. The zero-order chi connectivity index (χ0) is 55.5. The normalized spacial score (nSPS) is 21.3. The molecule has 77 heavy (non-hydrogen) atoms. The van der Waals surface area contributed by atoms with E-state index in [9.17, 15) is 107 Å². The van der Waals surface area contributed by atoms with E-state index in [2.05, 4.69) is 0 Å². The highest BCUT2D eigenvalue weighted by atomic mass is 16.6. The van der Waals surface area contributed by atoms with Crippen LogP contribution in [-0.2, 0) is 11.2 Å². The quantitative estimate of drug-likeness (QED) is 0.0769. The number of phenols is 18. The molecule has 25 nitrogen and oxygen atoms in total. The van der Waals surface area contributed by atoms with E-state index < -0.39 is 215 Å². The Balaban J connectivity index is 1.30. The number of carbonyl (C=O) groups is 1. The van der Waals surface area contributed by atoms with E-state index >= 15 is 0 Å². The van der Waals surface area contributed by atoms with Gasteiger partial charge in [-0.25, -0.2) is 4.79 Å². The second kappa shape index (κ2) is 18.0. The van der Waals surface area contributed by atoms with Crippen LogP contribution in [0.2, 0.25) is 0 Å². The number of phenolic OH excluding ortho intramolecular Hbond substituents is 18. The molecule has 400 valence electrons. The summed E-state index contributed by atoms with van der Waals surface area (Å²) in [6.07, 6.45) is -12.3. The summed E-state index contributed by atoms with van der Waals surface area (Å²) in [6, 6.07) is 9.61. The van der Waals surface area contributed by atoms with Crippen LogP contribution in [0.3, 0.4) is 0 Å². The first-order chi connectivity index (χ1) is 36.3. The van der Waals surface area contributed by atoms with Crippen LogP contribution < -0.4 is 14.2 Å². The van der Waals surface area contributed by atoms with Gasteiger partial charge in [0.1, 0.15) is 57.8 Å². The van der Waals surface area contributed by atoms with E-state index in [0.717, 1.165) is 54.6 Å². The van der Waals surface area contributed by atoms with Crippen molar-refractivity contribution in [3.8, 4) is 121 Å². The summed E-state index contributed by atoms with van der Waals surface area (Å²) < 4.78 is 25.1. The highest BCUT2D eigenvalue weighted by Gasteiger charge is 2.53. The molecule has 3 aliphatic rings. The van der Waals surface area contributed by atoms with Crippen LogP contribution in [0.5, 0.6) is 121 Å². The summed E-state index contributed by atoms with van der Waals surface area (Å²) in [7, 11) is 0. The number of aromatic hydroxyl groups is 18. The number of hydrogen-bond donors (Lipinski definition) is 20. The van der Waals surface area contributed by atoms with Gasteiger partial charge in [0.15, 0.2) is 93.4 Å². The molecule has 0 saturated carbocycles. The topological polar surface area (TPSA) is 459 Å². The van der Waals surface area contributed by atoms with Gasteiger partial charge in [-0.3, -0.25) is 0 Å². The van der Waals surface area contributed by atoms with Crippen LogP contribution >= 0.6 is 0 Å². The van der Waals surface area contributed by atoms with Crippen molar-refractivity contribution in [1.29, 1.82) is 0 Å². The van der Waals surface area contributed by atoms with Crippen molar-refractivity contribution in [3.05, 3.63) is 123 Å². The molecule has 0 aromatic heterocycles. The Morgan fingerprint density at radius 1 is 0.403 bits per heavy atom. The molecular weight excluding hydrogens is 1020 g/mol. The van der Waals surface area contributed by atoms with Gasteiger partial charge in [-0.2, -0.15) is 0 Å². The molecule has 8 atom stereocenters. The number of aliphatic hydroxyl groups excluding tert-OH is 2. The van der Waals surface area contributed by atoms with Crippen molar-refractivity contribution >= 4 is 5.97 Å². The van der Waals surface area contributed by atoms with Crippen LogP contribution in [0.4, 0.5) is 0 Å². The van der Waals surface area contributed by atoms with Gasteiger partial charge in [0.05, 0.1) is 23.5 Å². The fourth-order valence-corrected chi connectivity index (χ4v) is 10.2. The molecule has 8 unspecified atom stereocenters. The smallest absolute Gasteiger partial charge is 0.338 e. The molecular formula is C52H42O25. The van der Waals surface area contributed by atoms with E-state index in [1.54, 1.807) is 0 Å². The summed E-state index contributed by atoms with van der Waals surface area (Å²) in [5.74, 6) is -24.4. The fraction of sp³-hybridized carbons (Fsp3) is 0.173. The maximum Gasteiger partial charge on any atom is 0.338 e. The predicted octanol–water partition coefficient (Wildman–Crippen LogP) is 4.54. The molecule has 0 aliphatic carbocycles. The summed E-state index contributed by atoms with van der Waals surface area (Å²) in [5, 5.41) is 221. The van der Waals surface area contributed by atoms with Gasteiger partial charge in [0.2, 0.25) is 0 Å². The van der Waals surface area contributed by atoms with Gasteiger partial charge in [0, 0.05) is 75.2 Å². The Bertz CT molecular complexity index is 3540. The van der Waals surface area contributed by atoms with E-state index in [0.29, 0.717) is 18.2 Å². The van der Waals surface area contributed by atoms with Crippen molar-refractivity contribution in [2.24, 2.45) is 0 Å². The minimum absolute atomic E-state index is 0.224. The first-order valence-electron chi connectivity index (χ1n) is 22.6. The molecule has 0 bridgehead atoms. The lowest BCUT2D eigenvalue weighted by atomic mass is 9.73. The third kappa shape index (κ3) is 8.08. The largest absolute Gasteiger partial charge is 0.508 e. The number of benzene rings is 7. The molecule has 20 N–H and O–H groups in total. The van der Waals surface area contributed by atoms with Crippen molar-refractivity contribution < 1.29 is 126 Å². The summed E-state index contributed by atoms with van der Waals surface area (Å²) in [6.45, 7) is 0. The minimum atomic E-state index is -2.22. The second-order valence-corrected chi connectivity index (χ2v) is 18.4. The average Bonchev–Trinajstić information content (AvgIpc) is 3.51. The van der Waals surface area contributed by atoms with Crippen LogP contribution in [0.25, 0.3) is 0 Å². The predicted molar refractivity (Wildman–Crippen MR) is 254 cm³/mol. The third-order valence-electron chi connectivity index (χ3n) is 13.6. The molecule has 7 aromatic rings. The van der Waals surface area contributed by atoms with Crippen molar-refractivity contribution in [1.82, 2.24) is 0 Å². The zero-order valence-corrected chi connectivity index (χ0v) is 38.7. The van der Waals surface area contributed by atoms with E-state index in [-0.39, 0.29) is 16.7 Å². The lowest BCUT2D eigenvalue weighted by Crippen LogP contribution is -2.41.